The quantitative estimate of drug-likeness (QED) is 0.603. The average molecular weight is 455 g/mol. The van der Waals surface area contributed by atoms with Crippen LogP contribution >= 0.6 is 27.5 Å². The van der Waals surface area contributed by atoms with Crippen LogP contribution < -0.4 is 5.32 Å². The molecule has 0 fully saturated rings. The molecule has 27 heavy (non-hydrogen) atoms. The number of nitrogens with one attached hydrogen (secondary N) is 1. The number of aryl methyl sites for hydroxylation is 2. The lowest BCUT2D eigenvalue weighted by Gasteiger charge is -2.05. The van der Waals surface area contributed by atoms with E-state index in [-0.39, 0.29) is 30.5 Å². The number of amides is 1. The summed E-state index contributed by atoms with van der Waals surface area (Å²) < 4.78 is 18.0. The van der Waals surface area contributed by atoms with Gasteiger partial charge in [0, 0.05) is 23.9 Å². The van der Waals surface area contributed by atoms with Gasteiger partial charge in [0.05, 0.1) is 23.3 Å². The molecule has 142 valence electrons. The van der Waals surface area contributed by atoms with Gasteiger partial charge >= 0.3 is 0 Å². The first-order valence-corrected chi connectivity index (χ1v) is 9.48. The molecule has 2 aromatic heterocycles. The lowest BCUT2D eigenvalue weighted by Crippen LogP contribution is -2.16. The maximum atomic E-state index is 13.8. The van der Waals surface area contributed by atoms with Crippen molar-refractivity contribution in [2.45, 2.75) is 33.4 Å². The zero-order valence-corrected chi connectivity index (χ0v) is 17.2. The van der Waals surface area contributed by atoms with E-state index in [4.69, 9.17) is 11.6 Å². The van der Waals surface area contributed by atoms with Gasteiger partial charge in [-0.3, -0.25) is 14.2 Å². The average Bonchev–Trinajstić information content (AvgIpc) is 3.09. The summed E-state index contributed by atoms with van der Waals surface area (Å²) >= 11 is 9.61. The van der Waals surface area contributed by atoms with Gasteiger partial charge in [-0.1, -0.05) is 29.8 Å². The lowest BCUT2D eigenvalue weighted by atomic mass is 10.2. The molecule has 1 amide bonds. The van der Waals surface area contributed by atoms with E-state index >= 15 is 0 Å². The highest BCUT2D eigenvalue weighted by Crippen LogP contribution is 2.22. The number of hydrogen-bond acceptors (Lipinski definition) is 3. The van der Waals surface area contributed by atoms with Crippen molar-refractivity contribution in [2.24, 2.45) is 0 Å². The Kier molecular flexibility index (Phi) is 5.96. The molecule has 3 aromatic rings. The number of carbonyl (C=O) groups excluding carboxylic acids is 1. The van der Waals surface area contributed by atoms with E-state index in [1.807, 2.05) is 13.8 Å². The molecule has 1 N–H and O–H groups in total. The van der Waals surface area contributed by atoms with Crippen LogP contribution in [-0.2, 0) is 17.9 Å². The van der Waals surface area contributed by atoms with Gasteiger partial charge in [0.15, 0.2) is 5.82 Å². The van der Waals surface area contributed by atoms with Gasteiger partial charge in [0.2, 0.25) is 5.91 Å². The molecule has 0 saturated carbocycles. The van der Waals surface area contributed by atoms with Gasteiger partial charge in [-0.05, 0) is 35.8 Å². The van der Waals surface area contributed by atoms with Gasteiger partial charge in [-0.2, -0.15) is 10.2 Å². The normalized spacial score (nSPS) is 11.0. The SMILES string of the molecule is Cc1nn(CCC(=O)Nc2nn(Cc3ccccc3F)cc2Cl)c(C)c1Br. The second-order valence-electron chi connectivity index (χ2n) is 6.12. The first-order valence-electron chi connectivity index (χ1n) is 8.31. The van der Waals surface area contributed by atoms with E-state index in [0.29, 0.717) is 17.1 Å². The monoisotopic (exact) mass is 453 g/mol. The minimum Gasteiger partial charge on any atom is -0.308 e. The number of nitrogens with zero attached hydrogens (tertiary/aromatic N) is 4. The van der Waals surface area contributed by atoms with E-state index in [9.17, 15) is 9.18 Å². The summed E-state index contributed by atoms with van der Waals surface area (Å²) in [5.74, 6) is -0.282. The van der Waals surface area contributed by atoms with Gasteiger partial charge in [-0.15, -0.1) is 0 Å². The van der Waals surface area contributed by atoms with E-state index in [1.165, 1.54) is 10.7 Å². The fraction of sp³-hybridized carbons (Fsp3) is 0.278. The molecule has 0 atom stereocenters. The third kappa shape index (κ3) is 4.56. The van der Waals surface area contributed by atoms with E-state index in [0.717, 1.165) is 15.9 Å². The maximum absolute atomic E-state index is 13.8. The van der Waals surface area contributed by atoms with Crippen LogP contribution in [0.15, 0.2) is 34.9 Å². The standard InChI is InChI=1S/C18H18BrClFN5O/c1-11-17(19)12(2)26(23-11)8-7-16(27)22-18-14(20)10-25(24-18)9-13-5-3-4-6-15(13)21/h3-6,10H,7-9H2,1-2H3,(H,22,24,27). The highest BCUT2D eigenvalue weighted by atomic mass is 79.9. The van der Waals surface area contributed by atoms with Gasteiger partial charge in [0.25, 0.3) is 0 Å². The Hall–Kier alpha value is -2.19. The second-order valence-corrected chi connectivity index (χ2v) is 7.32. The molecule has 6 nitrogen and oxygen atoms in total. The third-order valence-corrected chi connectivity index (χ3v) is 5.53. The van der Waals surface area contributed by atoms with Crippen molar-refractivity contribution in [2.75, 3.05) is 5.32 Å². The highest BCUT2D eigenvalue weighted by molar-refractivity contribution is 9.10. The summed E-state index contributed by atoms with van der Waals surface area (Å²) in [5, 5.41) is 11.6. The minimum absolute atomic E-state index is 0.224. The van der Waals surface area contributed by atoms with Crippen molar-refractivity contribution in [3.63, 3.8) is 0 Å². The van der Waals surface area contributed by atoms with Crippen molar-refractivity contribution in [1.29, 1.82) is 0 Å². The van der Waals surface area contributed by atoms with Crippen molar-refractivity contribution < 1.29 is 9.18 Å². The predicted octanol–water partition coefficient (Wildman–Crippen LogP) is 4.33. The van der Waals surface area contributed by atoms with Crippen LogP contribution in [0.5, 0.6) is 0 Å². The van der Waals surface area contributed by atoms with Crippen molar-refractivity contribution >= 4 is 39.3 Å². The van der Waals surface area contributed by atoms with Crippen LogP contribution in [0.2, 0.25) is 5.02 Å². The Bertz CT molecular complexity index is 984. The van der Waals surface area contributed by atoms with Gasteiger partial charge < -0.3 is 5.32 Å². The molecule has 0 bridgehead atoms. The van der Waals surface area contributed by atoms with Crippen LogP contribution in [-0.4, -0.2) is 25.5 Å². The van der Waals surface area contributed by atoms with Crippen LogP contribution in [0.25, 0.3) is 0 Å². The largest absolute Gasteiger partial charge is 0.308 e. The zero-order valence-electron chi connectivity index (χ0n) is 14.8. The lowest BCUT2D eigenvalue weighted by molar-refractivity contribution is -0.116. The summed E-state index contributed by atoms with van der Waals surface area (Å²) in [4.78, 5) is 12.2. The van der Waals surface area contributed by atoms with E-state index in [1.54, 1.807) is 29.1 Å². The predicted molar refractivity (Wildman–Crippen MR) is 105 cm³/mol. The van der Waals surface area contributed by atoms with Crippen molar-refractivity contribution in [3.8, 4) is 0 Å². The number of aromatic nitrogens is 4. The Morgan fingerprint density at radius 3 is 2.70 bits per heavy atom. The summed E-state index contributed by atoms with van der Waals surface area (Å²) in [6, 6.07) is 6.45. The Morgan fingerprint density at radius 1 is 1.30 bits per heavy atom. The molecule has 3 rings (SSSR count). The maximum Gasteiger partial charge on any atom is 0.227 e. The summed E-state index contributed by atoms with van der Waals surface area (Å²) in [6.07, 6.45) is 1.78. The van der Waals surface area contributed by atoms with Crippen molar-refractivity contribution in [3.05, 3.63) is 62.7 Å². The zero-order chi connectivity index (χ0) is 19.6. The molecule has 2 heterocycles. The smallest absolute Gasteiger partial charge is 0.227 e. The highest BCUT2D eigenvalue weighted by Gasteiger charge is 2.14. The third-order valence-electron chi connectivity index (χ3n) is 4.11. The molecule has 0 radical (unpaired) electrons. The van der Waals surface area contributed by atoms with Crippen LogP contribution in [0.3, 0.4) is 0 Å². The number of carbonyl (C=O) groups is 1. The minimum atomic E-state index is -0.314. The summed E-state index contributed by atoms with van der Waals surface area (Å²) in [5.41, 5.74) is 2.33. The molecule has 0 aliphatic heterocycles. The molecule has 0 unspecified atom stereocenters. The topological polar surface area (TPSA) is 64.7 Å². The fourth-order valence-corrected chi connectivity index (χ4v) is 3.14. The van der Waals surface area contributed by atoms with E-state index in [2.05, 4.69) is 31.4 Å². The number of anilines is 1. The molecule has 0 aliphatic carbocycles. The molecular weight excluding hydrogens is 437 g/mol. The molecular formula is C18H18BrClFN5O. The van der Waals surface area contributed by atoms with Crippen LogP contribution in [0.1, 0.15) is 23.4 Å². The van der Waals surface area contributed by atoms with Gasteiger partial charge in [0.1, 0.15) is 10.8 Å². The number of hydrogen-bond donors (Lipinski definition) is 1. The molecule has 0 aliphatic rings. The Balaban J connectivity index is 1.62. The summed E-state index contributed by atoms with van der Waals surface area (Å²) in [6.45, 7) is 4.50. The van der Waals surface area contributed by atoms with Crippen LogP contribution in [0.4, 0.5) is 10.2 Å². The molecule has 0 saturated heterocycles. The van der Waals surface area contributed by atoms with Crippen molar-refractivity contribution in [1.82, 2.24) is 19.6 Å². The summed E-state index contributed by atoms with van der Waals surface area (Å²) in [7, 11) is 0. The first kappa shape index (κ1) is 19.6. The first-order chi connectivity index (χ1) is 12.8. The Morgan fingerprint density at radius 2 is 2.04 bits per heavy atom. The van der Waals surface area contributed by atoms with Gasteiger partial charge in [-0.25, -0.2) is 4.39 Å². The Labute approximate surface area is 169 Å². The number of halogens is 3. The molecule has 9 heteroatoms. The van der Waals surface area contributed by atoms with Crippen LogP contribution in [0, 0.1) is 19.7 Å². The second kappa shape index (κ2) is 8.22. The molecule has 0 spiro atoms. The number of rotatable bonds is 6. The number of benzene rings is 1. The molecule has 1 aromatic carbocycles. The fourth-order valence-electron chi connectivity index (χ4n) is 2.66. The van der Waals surface area contributed by atoms with E-state index < -0.39 is 0 Å².